The zero-order chi connectivity index (χ0) is 22.2. The van der Waals surface area contributed by atoms with Crippen molar-refractivity contribution in [1.29, 1.82) is 0 Å². The quantitative estimate of drug-likeness (QED) is 0.327. The van der Waals surface area contributed by atoms with Crippen LogP contribution in [-0.2, 0) is 0 Å². The molecule has 8 nitrogen and oxygen atoms in total. The van der Waals surface area contributed by atoms with E-state index in [-0.39, 0.29) is 16.3 Å². The van der Waals surface area contributed by atoms with Gasteiger partial charge in [-0.15, -0.1) is 11.3 Å². The largest absolute Gasteiger partial charge is 0.539 e. The van der Waals surface area contributed by atoms with Gasteiger partial charge >= 0.3 is 5.69 Å². The summed E-state index contributed by atoms with van der Waals surface area (Å²) in [4.78, 5) is 18.8. The molecular formula is C23H16N4O4S. The van der Waals surface area contributed by atoms with Crippen molar-refractivity contribution in [3.8, 4) is 28.6 Å². The van der Waals surface area contributed by atoms with Crippen molar-refractivity contribution < 1.29 is 23.8 Å². The van der Waals surface area contributed by atoms with Crippen molar-refractivity contribution in [1.82, 2.24) is 10.3 Å². The summed E-state index contributed by atoms with van der Waals surface area (Å²) in [5, 5.41) is 16.7. The number of para-hydroxylation sites is 2. The summed E-state index contributed by atoms with van der Waals surface area (Å²) in [7, 11) is 1.60. The lowest BCUT2D eigenvalue weighted by molar-refractivity contribution is -0.672. The Morgan fingerprint density at radius 2 is 1.84 bits per heavy atom. The van der Waals surface area contributed by atoms with E-state index in [4.69, 9.17) is 15.0 Å². The number of methoxy groups -OCH3 is 1. The van der Waals surface area contributed by atoms with Gasteiger partial charge in [-0.05, 0) is 28.9 Å². The Morgan fingerprint density at radius 3 is 2.62 bits per heavy atom. The Hall–Kier alpha value is -4.24. The number of hydrogen-bond donors (Lipinski definition) is 1. The number of hydrogen-bond acceptors (Lipinski definition) is 8. The minimum Gasteiger partial charge on any atom is -0.539 e. The Morgan fingerprint density at radius 1 is 1.09 bits per heavy atom. The Bertz CT molecular complexity index is 1460. The smallest absolute Gasteiger partial charge is 0.312 e. The van der Waals surface area contributed by atoms with Crippen LogP contribution in [0.25, 0.3) is 27.2 Å². The van der Waals surface area contributed by atoms with Gasteiger partial charge in [0.1, 0.15) is 15.5 Å². The van der Waals surface area contributed by atoms with Crippen LogP contribution < -0.4 is 20.3 Å². The first-order valence-corrected chi connectivity index (χ1v) is 10.4. The van der Waals surface area contributed by atoms with Crippen molar-refractivity contribution in [3.05, 3.63) is 77.3 Å². The third-order valence-electron chi connectivity index (χ3n) is 5.01. The summed E-state index contributed by atoms with van der Waals surface area (Å²) in [5.74, 6) is -0.720. The fourth-order valence-electron chi connectivity index (χ4n) is 3.46. The van der Waals surface area contributed by atoms with Crippen LogP contribution in [0.2, 0.25) is 0 Å². The van der Waals surface area contributed by atoms with Gasteiger partial charge in [0.2, 0.25) is 5.69 Å². The molecule has 0 aliphatic heterocycles. The molecule has 0 unspecified atom stereocenters. The number of anilines is 1. The van der Waals surface area contributed by atoms with Crippen molar-refractivity contribution in [2.45, 2.75) is 0 Å². The summed E-state index contributed by atoms with van der Waals surface area (Å²) in [6.07, 6.45) is 0. The molecule has 0 aliphatic rings. The molecule has 3 aromatic heterocycles. The summed E-state index contributed by atoms with van der Waals surface area (Å²) < 4.78 is 11.4. The average Bonchev–Trinajstić information content (AvgIpc) is 3.38. The number of thiophene rings is 1. The fraction of sp³-hybridized carbons (Fsp3) is 0.0435. The highest BCUT2D eigenvalue weighted by molar-refractivity contribution is 7.21. The zero-order valence-corrected chi connectivity index (χ0v) is 17.6. The second-order valence-electron chi connectivity index (χ2n) is 6.88. The normalized spacial score (nSPS) is 11.0. The number of ketones is 1. The van der Waals surface area contributed by atoms with E-state index in [1.54, 1.807) is 31.4 Å². The lowest BCUT2D eigenvalue weighted by Crippen LogP contribution is -2.39. The highest BCUT2D eigenvalue weighted by Crippen LogP contribution is 2.37. The van der Waals surface area contributed by atoms with E-state index in [1.165, 1.54) is 4.68 Å². The number of aromatic nitrogens is 3. The molecule has 5 rings (SSSR count). The van der Waals surface area contributed by atoms with E-state index in [0.717, 1.165) is 16.9 Å². The second kappa shape index (κ2) is 7.78. The number of nitrogen functional groups attached to an aromatic ring is 1. The van der Waals surface area contributed by atoms with Gasteiger partial charge in [-0.2, -0.15) is 0 Å². The minimum absolute atomic E-state index is 0.203. The van der Waals surface area contributed by atoms with Gasteiger partial charge in [-0.1, -0.05) is 30.3 Å². The van der Waals surface area contributed by atoms with E-state index in [2.05, 4.69) is 10.3 Å². The molecule has 9 heteroatoms. The van der Waals surface area contributed by atoms with Gasteiger partial charge in [-0.3, -0.25) is 4.79 Å². The number of fused-ring (bicyclic) bond motifs is 1. The number of rotatable bonds is 5. The molecule has 0 bridgehead atoms. The summed E-state index contributed by atoms with van der Waals surface area (Å²) >= 11 is 1.12. The molecule has 5 aromatic rings. The fourth-order valence-corrected chi connectivity index (χ4v) is 4.50. The monoisotopic (exact) mass is 444 g/mol. The standard InChI is InChI=1S/C23H16N4O4S/c1-30-17-10-6-5-9-14(17)16-12-11-15-18(24)21(32-22(15)25-16)20(28)19-23(29)31-26-27(19)13-7-3-2-4-8-13/h2-12H,1H3,(H2-,24,26,28,29). The number of nitrogens with two attached hydrogens (primary N) is 1. The van der Waals surface area contributed by atoms with Gasteiger partial charge in [0.05, 0.1) is 23.8 Å². The number of carbonyl (C=O) groups is 1. The summed E-state index contributed by atoms with van der Waals surface area (Å²) in [6, 6.07) is 19.9. The maximum absolute atomic E-state index is 13.3. The first-order chi connectivity index (χ1) is 15.6. The van der Waals surface area contributed by atoms with Crippen molar-refractivity contribution in [3.63, 3.8) is 0 Å². The van der Waals surface area contributed by atoms with E-state index < -0.39 is 11.7 Å². The average molecular weight is 444 g/mol. The molecule has 0 spiro atoms. The van der Waals surface area contributed by atoms with Crippen LogP contribution in [0.15, 0.2) is 71.3 Å². The first kappa shape index (κ1) is 19.7. The lowest BCUT2D eigenvalue weighted by atomic mass is 10.1. The van der Waals surface area contributed by atoms with E-state index in [9.17, 15) is 9.90 Å². The molecule has 3 heterocycles. The zero-order valence-electron chi connectivity index (χ0n) is 16.8. The molecule has 2 aromatic carbocycles. The number of benzene rings is 2. The van der Waals surface area contributed by atoms with Gasteiger partial charge in [-0.25, -0.2) is 4.98 Å². The van der Waals surface area contributed by atoms with Crippen LogP contribution in [-0.4, -0.2) is 23.1 Å². The van der Waals surface area contributed by atoms with Gasteiger partial charge in [0, 0.05) is 23.1 Å². The van der Waals surface area contributed by atoms with Crippen LogP contribution >= 0.6 is 11.3 Å². The molecule has 2 N–H and O–H groups in total. The van der Waals surface area contributed by atoms with Gasteiger partial charge < -0.3 is 20.1 Å². The highest BCUT2D eigenvalue weighted by atomic mass is 32.1. The van der Waals surface area contributed by atoms with Crippen LogP contribution in [0, 0.1) is 0 Å². The van der Waals surface area contributed by atoms with Crippen LogP contribution in [0.4, 0.5) is 5.69 Å². The Kier molecular flexibility index (Phi) is 4.79. The van der Waals surface area contributed by atoms with Crippen LogP contribution in [0.5, 0.6) is 11.7 Å². The third kappa shape index (κ3) is 3.15. The SMILES string of the molecule is COc1ccccc1-c1ccc2c(N)c(C(=O)c3c([O-])on[n+]3-c3ccccc3)sc2n1. The predicted octanol–water partition coefficient (Wildman–Crippen LogP) is 3.12. The van der Waals surface area contributed by atoms with Gasteiger partial charge in [0.25, 0.3) is 5.78 Å². The van der Waals surface area contributed by atoms with Crippen molar-refractivity contribution in [2.24, 2.45) is 0 Å². The molecule has 0 amide bonds. The van der Waals surface area contributed by atoms with E-state index >= 15 is 0 Å². The topological polar surface area (TPSA) is 118 Å². The lowest BCUT2D eigenvalue weighted by Gasteiger charge is -2.07. The predicted molar refractivity (Wildman–Crippen MR) is 117 cm³/mol. The number of pyridine rings is 1. The highest BCUT2D eigenvalue weighted by Gasteiger charge is 2.32. The second-order valence-corrected chi connectivity index (χ2v) is 7.88. The Labute approximate surface area is 186 Å². The molecule has 0 atom stereocenters. The maximum Gasteiger partial charge on any atom is 0.312 e. The molecule has 0 saturated heterocycles. The van der Waals surface area contributed by atoms with E-state index in [0.29, 0.717) is 27.3 Å². The van der Waals surface area contributed by atoms with Crippen molar-refractivity contribution >= 4 is 33.0 Å². The van der Waals surface area contributed by atoms with Crippen LogP contribution in [0.3, 0.4) is 0 Å². The van der Waals surface area contributed by atoms with Crippen LogP contribution in [0.1, 0.15) is 15.4 Å². The molecule has 0 aliphatic carbocycles. The van der Waals surface area contributed by atoms with E-state index in [1.807, 2.05) is 42.5 Å². The number of ether oxygens (including phenoxy) is 1. The molecule has 0 fully saturated rings. The maximum atomic E-state index is 13.3. The molecule has 32 heavy (non-hydrogen) atoms. The summed E-state index contributed by atoms with van der Waals surface area (Å²) in [6.45, 7) is 0. The summed E-state index contributed by atoms with van der Waals surface area (Å²) in [5.41, 5.74) is 8.36. The minimum atomic E-state index is -0.835. The molecule has 0 saturated carbocycles. The van der Waals surface area contributed by atoms with Crippen molar-refractivity contribution in [2.75, 3.05) is 12.8 Å². The first-order valence-electron chi connectivity index (χ1n) is 9.60. The third-order valence-corrected chi connectivity index (χ3v) is 6.12. The molecule has 0 radical (unpaired) electrons. The molecular weight excluding hydrogens is 428 g/mol. The number of carbonyl (C=O) groups excluding carboxylic acids is 1. The van der Waals surface area contributed by atoms with Gasteiger partial charge in [0.15, 0.2) is 5.95 Å². The molecule has 158 valence electrons. The number of nitrogens with zero attached hydrogens (tertiary/aromatic N) is 3. The Balaban J connectivity index is 1.61.